The fourth-order valence-electron chi connectivity index (χ4n) is 1.15. The Balaban J connectivity index is 2.67. The zero-order chi connectivity index (χ0) is 10.7. The van der Waals surface area contributed by atoms with Gasteiger partial charge in [0, 0.05) is 0 Å². The smallest absolute Gasteiger partial charge is 0.408 e. The number of ether oxygens (including phenoxy) is 1. The molecule has 0 atom stereocenters. The Bertz CT molecular complexity index is 296. The molecule has 0 bridgehead atoms. The van der Waals surface area contributed by atoms with Gasteiger partial charge in [-0.15, -0.1) is 0 Å². The highest BCUT2D eigenvalue weighted by atomic mass is 16.5. The van der Waals surface area contributed by atoms with Crippen molar-refractivity contribution >= 4 is 12.1 Å². The molecule has 0 fully saturated rings. The van der Waals surface area contributed by atoms with E-state index in [-0.39, 0.29) is 31.0 Å². The van der Waals surface area contributed by atoms with E-state index in [2.05, 4.69) is 4.74 Å². The van der Waals surface area contributed by atoms with Crippen LogP contribution in [0.4, 0.5) is 4.79 Å². The molecule has 1 aliphatic heterocycles. The summed E-state index contributed by atoms with van der Waals surface area (Å²) in [7, 11) is 0. The van der Waals surface area contributed by atoms with Crippen molar-refractivity contribution in [2.45, 2.75) is 6.92 Å². The summed E-state index contributed by atoms with van der Waals surface area (Å²) in [4.78, 5) is 22.6. The maximum Gasteiger partial charge on any atom is 0.408 e. The highest BCUT2D eigenvalue weighted by Gasteiger charge is 2.30. The molecular formula is C8H11NO5. The van der Waals surface area contributed by atoms with Gasteiger partial charge in [0.2, 0.25) is 0 Å². The molecule has 2 N–H and O–H groups in total. The number of amides is 1. The minimum atomic E-state index is -1.17. The minimum absolute atomic E-state index is 0.0225. The molecule has 0 aromatic heterocycles. The zero-order valence-electron chi connectivity index (χ0n) is 7.69. The molecule has 1 heterocycles. The fraction of sp³-hybridized carbons (Fsp3) is 0.500. The molecule has 0 aliphatic carbocycles. The van der Waals surface area contributed by atoms with Crippen LogP contribution in [0.15, 0.2) is 11.3 Å². The molecule has 1 aliphatic rings. The second kappa shape index (κ2) is 3.99. The summed E-state index contributed by atoms with van der Waals surface area (Å²) in [5.41, 5.74) is 0.0225. The van der Waals surface area contributed by atoms with Gasteiger partial charge >= 0.3 is 12.1 Å². The van der Waals surface area contributed by atoms with Crippen molar-refractivity contribution in [3.8, 4) is 0 Å². The minimum Gasteiger partial charge on any atom is -0.510 e. The number of esters is 1. The van der Waals surface area contributed by atoms with Crippen LogP contribution in [0.5, 0.6) is 0 Å². The van der Waals surface area contributed by atoms with Crippen LogP contribution < -0.4 is 0 Å². The van der Waals surface area contributed by atoms with Crippen molar-refractivity contribution in [2.75, 3.05) is 19.7 Å². The molecule has 0 saturated heterocycles. The van der Waals surface area contributed by atoms with Gasteiger partial charge in [-0.3, -0.25) is 4.90 Å². The van der Waals surface area contributed by atoms with Gasteiger partial charge in [0.05, 0.1) is 25.3 Å². The molecule has 6 heteroatoms. The maximum atomic E-state index is 11.2. The Hall–Kier alpha value is -1.72. The number of rotatable bonds is 2. The van der Waals surface area contributed by atoms with Crippen molar-refractivity contribution in [3.63, 3.8) is 0 Å². The summed E-state index contributed by atoms with van der Waals surface area (Å²) in [6.07, 6.45) is -1.17. The topological polar surface area (TPSA) is 87.1 Å². The van der Waals surface area contributed by atoms with Crippen LogP contribution in [0, 0.1) is 0 Å². The lowest BCUT2D eigenvalue weighted by Gasteiger charge is -2.09. The van der Waals surface area contributed by atoms with Crippen molar-refractivity contribution < 1.29 is 24.5 Å². The molecule has 0 unspecified atom stereocenters. The number of nitrogens with zero attached hydrogens (tertiary/aromatic N) is 1. The number of aliphatic hydroxyl groups excluding tert-OH is 1. The van der Waals surface area contributed by atoms with Crippen LogP contribution in [0.2, 0.25) is 0 Å². The third kappa shape index (κ3) is 1.95. The van der Waals surface area contributed by atoms with E-state index in [4.69, 9.17) is 5.11 Å². The van der Waals surface area contributed by atoms with Crippen LogP contribution in [-0.4, -0.2) is 46.9 Å². The number of hydrogen-bond donors (Lipinski definition) is 2. The van der Waals surface area contributed by atoms with Crippen LogP contribution in [0.3, 0.4) is 0 Å². The second-order valence-corrected chi connectivity index (χ2v) is 2.78. The van der Waals surface area contributed by atoms with Crippen molar-refractivity contribution in [3.05, 3.63) is 11.3 Å². The van der Waals surface area contributed by atoms with Crippen LogP contribution >= 0.6 is 0 Å². The van der Waals surface area contributed by atoms with E-state index in [0.717, 1.165) is 4.90 Å². The third-order valence-corrected chi connectivity index (χ3v) is 1.83. The molecule has 78 valence electrons. The van der Waals surface area contributed by atoms with Gasteiger partial charge in [-0.05, 0) is 6.92 Å². The molecule has 1 rings (SSSR count). The van der Waals surface area contributed by atoms with Crippen LogP contribution in [-0.2, 0) is 9.53 Å². The molecule has 1 amide bonds. The van der Waals surface area contributed by atoms with Gasteiger partial charge < -0.3 is 14.9 Å². The van der Waals surface area contributed by atoms with Gasteiger partial charge in [0.25, 0.3) is 0 Å². The molecule has 14 heavy (non-hydrogen) atoms. The highest BCUT2D eigenvalue weighted by Crippen LogP contribution is 2.16. The number of aliphatic hydroxyl groups is 1. The van der Waals surface area contributed by atoms with Gasteiger partial charge in [-0.2, -0.15) is 0 Å². The van der Waals surface area contributed by atoms with Crippen molar-refractivity contribution in [1.29, 1.82) is 0 Å². The van der Waals surface area contributed by atoms with Gasteiger partial charge in [0.15, 0.2) is 0 Å². The number of carbonyl (C=O) groups is 2. The Morgan fingerprint density at radius 2 is 2.14 bits per heavy atom. The third-order valence-electron chi connectivity index (χ3n) is 1.83. The Morgan fingerprint density at radius 1 is 1.50 bits per heavy atom. The molecule has 6 nitrogen and oxygen atoms in total. The van der Waals surface area contributed by atoms with Crippen molar-refractivity contribution in [1.82, 2.24) is 4.90 Å². The SMILES string of the molecule is CCOC(=O)C1=C(O)CN(C(=O)O)C1. The predicted octanol–water partition coefficient (Wildman–Crippen LogP) is 0.355. The van der Waals surface area contributed by atoms with Crippen LogP contribution in [0.1, 0.15) is 6.92 Å². The van der Waals surface area contributed by atoms with E-state index in [1.807, 2.05) is 0 Å². The molecule has 0 aromatic rings. The number of carboxylic acid groups (broad SMARTS) is 1. The first-order valence-electron chi connectivity index (χ1n) is 4.12. The summed E-state index contributed by atoms with van der Waals surface area (Å²) in [6, 6.07) is 0. The summed E-state index contributed by atoms with van der Waals surface area (Å²) >= 11 is 0. The first kappa shape index (κ1) is 10.4. The maximum absolute atomic E-state index is 11.2. The average molecular weight is 201 g/mol. The number of hydrogen-bond acceptors (Lipinski definition) is 4. The first-order chi connectivity index (χ1) is 6.56. The van der Waals surface area contributed by atoms with E-state index in [9.17, 15) is 14.7 Å². The largest absolute Gasteiger partial charge is 0.510 e. The normalized spacial score (nSPS) is 15.9. The van der Waals surface area contributed by atoms with E-state index in [1.54, 1.807) is 6.92 Å². The quantitative estimate of drug-likeness (QED) is 0.629. The number of carbonyl (C=O) groups excluding carboxylic acids is 1. The predicted molar refractivity (Wildman–Crippen MR) is 45.9 cm³/mol. The van der Waals surface area contributed by atoms with Gasteiger partial charge in [-0.1, -0.05) is 0 Å². The van der Waals surface area contributed by atoms with E-state index in [0.29, 0.717) is 0 Å². The van der Waals surface area contributed by atoms with E-state index < -0.39 is 12.1 Å². The monoisotopic (exact) mass is 201 g/mol. The lowest BCUT2D eigenvalue weighted by Crippen LogP contribution is -2.28. The van der Waals surface area contributed by atoms with Crippen LogP contribution in [0.25, 0.3) is 0 Å². The summed E-state index contributed by atoms with van der Waals surface area (Å²) in [5.74, 6) is -0.889. The lowest BCUT2D eigenvalue weighted by molar-refractivity contribution is -0.138. The van der Waals surface area contributed by atoms with Gasteiger partial charge in [0.1, 0.15) is 5.76 Å². The molecular weight excluding hydrogens is 190 g/mol. The average Bonchev–Trinajstić information content (AvgIpc) is 2.48. The van der Waals surface area contributed by atoms with Crippen molar-refractivity contribution in [2.24, 2.45) is 0 Å². The van der Waals surface area contributed by atoms with E-state index >= 15 is 0 Å². The Kier molecular flexibility index (Phi) is 2.95. The molecule has 0 spiro atoms. The zero-order valence-corrected chi connectivity index (χ0v) is 7.69. The van der Waals surface area contributed by atoms with E-state index in [1.165, 1.54) is 0 Å². The lowest BCUT2D eigenvalue weighted by atomic mass is 10.3. The second-order valence-electron chi connectivity index (χ2n) is 2.78. The Labute approximate surface area is 80.4 Å². The first-order valence-corrected chi connectivity index (χ1v) is 4.12. The van der Waals surface area contributed by atoms with Gasteiger partial charge in [-0.25, -0.2) is 9.59 Å². The molecule has 0 saturated carbocycles. The highest BCUT2D eigenvalue weighted by molar-refractivity contribution is 5.91. The summed E-state index contributed by atoms with van der Waals surface area (Å²) in [5, 5.41) is 17.9. The standard InChI is InChI=1S/C8H11NO5/c1-2-14-7(11)5-3-9(8(12)13)4-6(5)10/h10H,2-4H2,1H3,(H,12,13). The molecule has 0 aromatic carbocycles. The summed E-state index contributed by atoms with van der Waals surface area (Å²) < 4.78 is 4.65. The Morgan fingerprint density at radius 3 is 2.57 bits per heavy atom. The molecule has 0 radical (unpaired) electrons. The fourth-order valence-corrected chi connectivity index (χ4v) is 1.15. The summed E-state index contributed by atoms with van der Waals surface area (Å²) in [6.45, 7) is 1.57.